The molecule has 0 aliphatic carbocycles. The molecule has 0 heterocycles. The van der Waals surface area contributed by atoms with Gasteiger partial charge in [-0.2, -0.15) is 0 Å². The summed E-state index contributed by atoms with van der Waals surface area (Å²) in [5, 5.41) is 23.5. The number of ether oxygens (including phenoxy) is 1. The number of hydrogen-bond acceptors (Lipinski definition) is 7. The van der Waals surface area contributed by atoms with Gasteiger partial charge in [0.1, 0.15) is 6.61 Å². The van der Waals surface area contributed by atoms with E-state index in [2.05, 4.69) is 39.5 Å². The number of unbranched alkanes of at least 4 members (excludes halogenated alkanes) is 12. The van der Waals surface area contributed by atoms with E-state index in [1.54, 1.807) is 0 Å². The van der Waals surface area contributed by atoms with Gasteiger partial charge in [-0.05, 0) is 44.1 Å². The lowest BCUT2D eigenvalue weighted by molar-refractivity contribution is -0.144. The summed E-state index contributed by atoms with van der Waals surface area (Å²) in [4.78, 5) is 23.7. The summed E-state index contributed by atoms with van der Waals surface area (Å²) < 4.78 is 4.75. The summed E-state index contributed by atoms with van der Waals surface area (Å²) in [6, 6.07) is 0. The van der Waals surface area contributed by atoms with Crippen molar-refractivity contribution < 1.29 is 29.6 Å². The lowest BCUT2D eigenvalue weighted by Crippen LogP contribution is -2.21. The van der Waals surface area contributed by atoms with Gasteiger partial charge >= 0.3 is 5.97 Å². The molecule has 0 fully saturated rings. The maximum absolute atomic E-state index is 11.0. The first-order chi connectivity index (χ1) is 18.3. The standard InChI is InChI=1S/C12H24O3.C10H19ClO.C6H15N.C2H6O2/c1-2-3-4-5-6-7-8-9-12(14)15-11-10-13;1-2-3-4-5-6-7-8-9-10(11)12;1-4-7(5-2)6-3;3-1-2-4/h13H,2-11H2,1H3;2-9H2,1H3;4-6H2,1-3H3;3-4H,1-2H2. The van der Waals surface area contributed by atoms with Crippen LogP contribution >= 0.6 is 11.6 Å². The molecule has 0 unspecified atom stereocenters. The fraction of sp³-hybridized carbons (Fsp3) is 0.933. The number of esters is 1. The van der Waals surface area contributed by atoms with E-state index in [1.165, 1.54) is 83.8 Å². The molecule has 3 N–H and O–H groups in total. The minimum absolute atomic E-state index is 0.0806. The van der Waals surface area contributed by atoms with E-state index in [4.69, 9.17) is 31.7 Å². The molecule has 0 aromatic heterocycles. The van der Waals surface area contributed by atoms with Gasteiger partial charge in [0, 0.05) is 12.8 Å². The lowest BCUT2D eigenvalue weighted by Gasteiger charge is -2.13. The molecule has 0 atom stereocenters. The zero-order valence-corrected chi connectivity index (χ0v) is 26.4. The molecule has 232 valence electrons. The molecular formula is C30H64ClNO6. The van der Waals surface area contributed by atoms with E-state index in [9.17, 15) is 9.59 Å². The number of rotatable bonds is 22. The van der Waals surface area contributed by atoms with Crippen LogP contribution in [0.25, 0.3) is 0 Å². The zero-order chi connectivity index (χ0) is 29.7. The largest absolute Gasteiger partial charge is 0.463 e. The van der Waals surface area contributed by atoms with Crippen LogP contribution in [0.1, 0.15) is 137 Å². The molecule has 0 aliphatic rings. The SMILES string of the molecule is CCCCCCCCCC(=O)Cl.CCCCCCCCCC(=O)OCCO.CCN(CC)CC.OCCO. The summed E-state index contributed by atoms with van der Waals surface area (Å²) in [5.74, 6) is -0.183. The van der Waals surface area contributed by atoms with Crippen molar-refractivity contribution >= 4 is 22.8 Å². The molecule has 0 amide bonds. The van der Waals surface area contributed by atoms with Crippen LogP contribution in [0.15, 0.2) is 0 Å². The Morgan fingerprint density at radius 3 is 1.24 bits per heavy atom. The van der Waals surface area contributed by atoms with Crippen molar-refractivity contribution in [1.29, 1.82) is 0 Å². The van der Waals surface area contributed by atoms with Gasteiger partial charge < -0.3 is 25.0 Å². The average Bonchev–Trinajstić information content (AvgIpc) is 2.92. The number of carbonyl (C=O) groups excluding carboxylic acids is 2. The first kappa shape index (κ1) is 44.3. The summed E-state index contributed by atoms with van der Waals surface area (Å²) in [6.45, 7) is 14.3. The number of halogens is 1. The predicted molar refractivity (Wildman–Crippen MR) is 162 cm³/mol. The van der Waals surface area contributed by atoms with Crippen molar-refractivity contribution in [2.45, 2.75) is 137 Å². The molecule has 7 nitrogen and oxygen atoms in total. The highest BCUT2D eigenvalue weighted by atomic mass is 35.5. The first-order valence-electron chi connectivity index (χ1n) is 15.2. The van der Waals surface area contributed by atoms with Crippen LogP contribution in [0.4, 0.5) is 0 Å². The monoisotopic (exact) mass is 569 g/mol. The highest BCUT2D eigenvalue weighted by Gasteiger charge is 2.01. The van der Waals surface area contributed by atoms with Crippen LogP contribution in [0.2, 0.25) is 0 Å². The Balaban J connectivity index is -0.000000223. The van der Waals surface area contributed by atoms with Gasteiger partial charge in [0.25, 0.3) is 0 Å². The summed E-state index contributed by atoms with van der Waals surface area (Å²) in [5.41, 5.74) is 0. The number of aliphatic hydroxyl groups excluding tert-OH is 3. The lowest BCUT2D eigenvalue weighted by atomic mass is 10.1. The smallest absolute Gasteiger partial charge is 0.305 e. The Kier molecular flexibility index (Phi) is 50.5. The number of aliphatic hydroxyl groups is 3. The minimum atomic E-state index is -0.191. The van der Waals surface area contributed by atoms with Gasteiger partial charge in [-0.15, -0.1) is 0 Å². The molecule has 0 saturated heterocycles. The van der Waals surface area contributed by atoms with Crippen LogP contribution in [-0.4, -0.2) is 77.5 Å². The van der Waals surface area contributed by atoms with Crippen molar-refractivity contribution in [3.63, 3.8) is 0 Å². The Labute approximate surface area is 240 Å². The van der Waals surface area contributed by atoms with E-state index < -0.39 is 0 Å². The molecule has 0 rings (SSSR count). The molecule has 0 saturated carbocycles. The molecule has 0 spiro atoms. The van der Waals surface area contributed by atoms with Gasteiger partial charge in [0.2, 0.25) is 5.24 Å². The number of carbonyl (C=O) groups is 2. The van der Waals surface area contributed by atoms with Gasteiger partial charge in [0.15, 0.2) is 0 Å². The highest BCUT2D eigenvalue weighted by molar-refractivity contribution is 6.63. The van der Waals surface area contributed by atoms with E-state index in [1.807, 2.05) is 0 Å². The zero-order valence-electron chi connectivity index (χ0n) is 25.7. The fourth-order valence-corrected chi connectivity index (χ4v) is 3.48. The van der Waals surface area contributed by atoms with E-state index in [-0.39, 0.29) is 37.6 Å². The van der Waals surface area contributed by atoms with Crippen LogP contribution < -0.4 is 0 Å². The van der Waals surface area contributed by atoms with E-state index in [0.29, 0.717) is 12.8 Å². The van der Waals surface area contributed by atoms with Gasteiger partial charge in [-0.25, -0.2) is 0 Å². The molecule has 38 heavy (non-hydrogen) atoms. The molecule has 0 aromatic rings. The van der Waals surface area contributed by atoms with Gasteiger partial charge in [0.05, 0.1) is 19.8 Å². The fourth-order valence-electron chi connectivity index (χ4n) is 3.35. The maximum Gasteiger partial charge on any atom is 0.305 e. The van der Waals surface area contributed by atoms with Gasteiger partial charge in [-0.1, -0.05) is 112 Å². The molecule has 0 aromatic carbocycles. The molecule has 0 aliphatic heterocycles. The third-order valence-electron chi connectivity index (χ3n) is 5.76. The predicted octanol–water partition coefficient (Wildman–Crippen LogP) is 6.87. The summed E-state index contributed by atoms with van der Waals surface area (Å²) in [6.07, 6.45) is 18.1. The van der Waals surface area contributed by atoms with E-state index in [0.717, 1.165) is 25.7 Å². The quantitative estimate of drug-likeness (QED) is 0.0741. The van der Waals surface area contributed by atoms with Crippen molar-refractivity contribution in [3.05, 3.63) is 0 Å². The van der Waals surface area contributed by atoms with Crippen LogP contribution in [0.5, 0.6) is 0 Å². The van der Waals surface area contributed by atoms with Crippen LogP contribution in [0, 0.1) is 0 Å². The minimum Gasteiger partial charge on any atom is -0.463 e. The second-order valence-corrected chi connectivity index (χ2v) is 9.53. The van der Waals surface area contributed by atoms with Crippen molar-refractivity contribution in [3.8, 4) is 0 Å². The van der Waals surface area contributed by atoms with Crippen LogP contribution in [-0.2, 0) is 14.3 Å². The molecular weight excluding hydrogens is 506 g/mol. The number of nitrogens with zero attached hydrogens (tertiary/aromatic N) is 1. The third kappa shape index (κ3) is 51.8. The Morgan fingerprint density at radius 1 is 0.579 bits per heavy atom. The normalized spacial score (nSPS) is 9.95. The first-order valence-corrected chi connectivity index (χ1v) is 15.6. The molecule has 0 radical (unpaired) electrons. The Bertz CT molecular complexity index is 429. The highest BCUT2D eigenvalue weighted by Crippen LogP contribution is 2.09. The van der Waals surface area contributed by atoms with Gasteiger partial charge in [-0.3, -0.25) is 9.59 Å². The summed E-state index contributed by atoms with van der Waals surface area (Å²) in [7, 11) is 0. The molecule has 8 heteroatoms. The van der Waals surface area contributed by atoms with Crippen LogP contribution in [0.3, 0.4) is 0 Å². The maximum atomic E-state index is 11.0. The third-order valence-corrected chi connectivity index (χ3v) is 5.95. The Morgan fingerprint density at radius 2 is 0.947 bits per heavy atom. The van der Waals surface area contributed by atoms with Crippen molar-refractivity contribution in [1.82, 2.24) is 4.90 Å². The topological polar surface area (TPSA) is 107 Å². The molecule has 0 bridgehead atoms. The van der Waals surface area contributed by atoms with Crippen molar-refractivity contribution in [2.75, 3.05) is 46.1 Å². The summed E-state index contributed by atoms with van der Waals surface area (Å²) >= 11 is 5.20. The second kappa shape index (κ2) is 43.3. The number of hydrogen-bond donors (Lipinski definition) is 3. The van der Waals surface area contributed by atoms with Crippen molar-refractivity contribution in [2.24, 2.45) is 0 Å². The average molecular weight is 570 g/mol. The van der Waals surface area contributed by atoms with E-state index >= 15 is 0 Å². The Hall–Kier alpha value is -0.730. The second-order valence-electron chi connectivity index (χ2n) is 9.11.